The van der Waals surface area contributed by atoms with E-state index in [1.165, 1.54) is 18.3 Å². The number of pyridine rings is 1. The summed E-state index contributed by atoms with van der Waals surface area (Å²) in [6.45, 7) is 1.99. The average Bonchev–Trinajstić information content (AvgIpc) is 3.09. The van der Waals surface area contributed by atoms with Crippen molar-refractivity contribution in [3.8, 4) is 11.3 Å². The van der Waals surface area contributed by atoms with Crippen LogP contribution in [-0.4, -0.2) is 21.8 Å². The van der Waals surface area contributed by atoms with E-state index >= 15 is 0 Å². The van der Waals surface area contributed by atoms with E-state index in [0.29, 0.717) is 17.2 Å². The van der Waals surface area contributed by atoms with Crippen molar-refractivity contribution in [3.05, 3.63) is 65.3 Å². The van der Waals surface area contributed by atoms with Crippen molar-refractivity contribution < 1.29 is 9.59 Å². The van der Waals surface area contributed by atoms with E-state index in [1.807, 2.05) is 29.6 Å². The Kier molecular flexibility index (Phi) is 5.15. The van der Waals surface area contributed by atoms with Crippen LogP contribution in [0, 0.1) is 0 Å². The maximum absolute atomic E-state index is 12.1. The van der Waals surface area contributed by atoms with Gasteiger partial charge >= 0.3 is 0 Å². The van der Waals surface area contributed by atoms with Crippen LogP contribution in [0.2, 0.25) is 0 Å². The number of anilines is 1. The van der Waals surface area contributed by atoms with Crippen LogP contribution in [0.1, 0.15) is 22.8 Å². The predicted molar refractivity (Wildman–Crippen MR) is 97.3 cm³/mol. The minimum atomic E-state index is -0.214. The molecule has 2 amide bonds. The summed E-state index contributed by atoms with van der Waals surface area (Å²) < 4.78 is 0. The van der Waals surface area contributed by atoms with Gasteiger partial charge in [-0.25, -0.2) is 4.98 Å². The number of hydrogen-bond acceptors (Lipinski definition) is 5. The molecule has 2 aromatic heterocycles. The first kappa shape index (κ1) is 16.8. The van der Waals surface area contributed by atoms with Gasteiger partial charge in [0.15, 0.2) is 5.13 Å². The number of thiazole rings is 1. The number of hydrogen-bond donors (Lipinski definition) is 2. The van der Waals surface area contributed by atoms with E-state index in [2.05, 4.69) is 20.6 Å². The SMILES string of the molecule is CC(=O)NCc1ccc(-c2csc(NC(=O)c3ccncc3)n2)cc1. The Labute approximate surface area is 149 Å². The molecule has 7 heteroatoms. The molecule has 0 fully saturated rings. The monoisotopic (exact) mass is 352 g/mol. The molecule has 3 rings (SSSR count). The number of carbonyl (C=O) groups is 2. The van der Waals surface area contributed by atoms with Gasteiger partial charge in [0.25, 0.3) is 5.91 Å². The molecule has 0 saturated carbocycles. The Balaban J connectivity index is 1.67. The summed E-state index contributed by atoms with van der Waals surface area (Å²) in [5.74, 6) is -0.271. The van der Waals surface area contributed by atoms with Crippen molar-refractivity contribution >= 4 is 28.3 Å². The third-order valence-electron chi connectivity index (χ3n) is 3.46. The number of rotatable bonds is 5. The average molecular weight is 352 g/mol. The smallest absolute Gasteiger partial charge is 0.257 e. The summed E-state index contributed by atoms with van der Waals surface area (Å²) in [6, 6.07) is 11.1. The van der Waals surface area contributed by atoms with Crippen LogP contribution in [0.25, 0.3) is 11.3 Å². The molecule has 2 heterocycles. The number of nitrogens with one attached hydrogen (secondary N) is 2. The molecule has 0 spiro atoms. The second-order valence-electron chi connectivity index (χ2n) is 5.33. The van der Waals surface area contributed by atoms with E-state index < -0.39 is 0 Å². The lowest BCUT2D eigenvalue weighted by molar-refractivity contribution is -0.119. The van der Waals surface area contributed by atoms with Gasteiger partial charge in [0.2, 0.25) is 5.91 Å². The molecule has 0 unspecified atom stereocenters. The Bertz CT molecular complexity index is 876. The van der Waals surface area contributed by atoms with E-state index in [-0.39, 0.29) is 11.8 Å². The summed E-state index contributed by atoms with van der Waals surface area (Å²) in [7, 11) is 0. The standard InChI is InChI=1S/C18H16N4O2S/c1-12(23)20-10-13-2-4-14(5-3-13)16-11-25-18(21-16)22-17(24)15-6-8-19-9-7-15/h2-9,11H,10H2,1H3,(H,20,23)(H,21,22,24). The van der Waals surface area contributed by atoms with Crippen LogP contribution in [0.15, 0.2) is 54.2 Å². The summed E-state index contributed by atoms with van der Waals surface area (Å²) in [4.78, 5) is 31.4. The highest BCUT2D eigenvalue weighted by atomic mass is 32.1. The molecule has 0 bridgehead atoms. The molecule has 0 atom stereocenters. The van der Waals surface area contributed by atoms with E-state index in [4.69, 9.17) is 0 Å². The van der Waals surface area contributed by atoms with Gasteiger partial charge in [-0.15, -0.1) is 11.3 Å². The first-order chi connectivity index (χ1) is 12.1. The Morgan fingerprint density at radius 2 is 1.80 bits per heavy atom. The van der Waals surface area contributed by atoms with Gasteiger partial charge in [0.05, 0.1) is 5.69 Å². The third kappa shape index (κ3) is 4.48. The van der Waals surface area contributed by atoms with Crippen molar-refractivity contribution in [1.82, 2.24) is 15.3 Å². The summed E-state index contributed by atoms with van der Waals surface area (Å²) in [6.07, 6.45) is 3.15. The first-order valence-corrected chi connectivity index (χ1v) is 8.50. The predicted octanol–water partition coefficient (Wildman–Crippen LogP) is 3.09. The molecule has 0 aliphatic carbocycles. The molecular weight excluding hydrogens is 336 g/mol. The van der Waals surface area contributed by atoms with Gasteiger partial charge < -0.3 is 5.32 Å². The zero-order valence-electron chi connectivity index (χ0n) is 13.5. The number of carbonyl (C=O) groups excluding carboxylic acids is 2. The molecule has 126 valence electrons. The number of benzene rings is 1. The fourth-order valence-electron chi connectivity index (χ4n) is 2.16. The highest BCUT2D eigenvalue weighted by Crippen LogP contribution is 2.25. The Morgan fingerprint density at radius 3 is 2.48 bits per heavy atom. The van der Waals surface area contributed by atoms with E-state index in [1.54, 1.807) is 24.5 Å². The van der Waals surface area contributed by atoms with Crippen LogP contribution in [-0.2, 0) is 11.3 Å². The van der Waals surface area contributed by atoms with Crippen molar-refractivity contribution in [1.29, 1.82) is 0 Å². The molecule has 2 N–H and O–H groups in total. The van der Waals surface area contributed by atoms with Crippen LogP contribution in [0.5, 0.6) is 0 Å². The topological polar surface area (TPSA) is 84.0 Å². The van der Waals surface area contributed by atoms with Gasteiger partial charge in [-0.05, 0) is 17.7 Å². The molecule has 0 radical (unpaired) electrons. The zero-order chi connectivity index (χ0) is 17.6. The van der Waals surface area contributed by atoms with Crippen molar-refractivity contribution in [2.75, 3.05) is 5.32 Å². The van der Waals surface area contributed by atoms with Crippen LogP contribution < -0.4 is 10.6 Å². The lowest BCUT2D eigenvalue weighted by Gasteiger charge is -2.03. The Morgan fingerprint density at radius 1 is 1.08 bits per heavy atom. The van der Waals surface area contributed by atoms with E-state index in [0.717, 1.165) is 16.8 Å². The van der Waals surface area contributed by atoms with Crippen molar-refractivity contribution in [2.24, 2.45) is 0 Å². The highest BCUT2D eigenvalue weighted by Gasteiger charge is 2.10. The summed E-state index contributed by atoms with van der Waals surface area (Å²) in [5, 5.41) is 7.98. The van der Waals surface area contributed by atoms with Gasteiger partial charge in [0.1, 0.15) is 0 Å². The summed E-state index contributed by atoms with van der Waals surface area (Å²) in [5.41, 5.74) is 3.29. The van der Waals surface area contributed by atoms with Gasteiger partial charge in [-0.1, -0.05) is 24.3 Å². The lowest BCUT2D eigenvalue weighted by Crippen LogP contribution is -2.18. The van der Waals surface area contributed by atoms with E-state index in [9.17, 15) is 9.59 Å². The molecule has 6 nitrogen and oxygen atoms in total. The third-order valence-corrected chi connectivity index (χ3v) is 4.22. The normalized spacial score (nSPS) is 10.3. The quantitative estimate of drug-likeness (QED) is 0.739. The van der Waals surface area contributed by atoms with Gasteiger partial charge in [-0.3, -0.25) is 19.9 Å². The molecule has 0 aliphatic rings. The first-order valence-electron chi connectivity index (χ1n) is 7.62. The number of aromatic nitrogens is 2. The minimum Gasteiger partial charge on any atom is -0.352 e. The molecule has 0 aliphatic heterocycles. The fraction of sp³-hybridized carbons (Fsp3) is 0.111. The minimum absolute atomic E-state index is 0.0573. The van der Waals surface area contributed by atoms with Crippen molar-refractivity contribution in [3.63, 3.8) is 0 Å². The summed E-state index contributed by atoms with van der Waals surface area (Å²) >= 11 is 1.37. The molecule has 0 saturated heterocycles. The van der Waals surface area contributed by atoms with Crippen LogP contribution in [0.4, 0.5) is 5.13 Å². The van der Waals surface area contributed by atoms with Crippen LogP contribution in [0.3, 0.4) is 0 Å². The van der Waals surface area contributed by atoms with Crippen molar-refractivity contribution in [2.45, 2.75) is 13.5 Å². The van der Waals surface area contributed by atoms with Crippen LogP contribution >= 0.6 is 11.3 Å². The highest BCUT2D eigenvalue weighted by molar-refractivity contribution is 7.14. The lowest BCUT2D eigenvalue weighted by atomic mass is 10.1. The number of nitrogens with zero attached hydrogens (tertiary/aromatic N) is 2. The second-order valence-corrected chi connectivity index (χ2v) is 6.19. The van der Waals surface area contributed by atoms with Gasteiger partial charge in [-0.2, -0.15) is 0 Å². The van der Waals surface area contributed by atoms with Gasteiger partial charge in [0, 0.05) is 42.4 Å². The molecule has 3 aromatic rings. The molecular formula is C18H16N4O2S. The molecule has 25 heavy (non-hydrogen) atoms. The second kappa shape index (κ2) is 7.67. The fourth-order valence-corrected chi connectivity index (χ4v) is 2.87. The maximum atomic E-state index is 12.1. The zero-order valence-corrected chi connectivity index (χ0v) is 14.3. The number of amides is 2. The maximum Gasteiger partial charge on any atom is 0.257 e. The largest absolute Gasteiger partial charge is 0.352 e. The Hall–Kier alpha value is -3.06. The molecule has 1 aromatic carbocycles.